The van der Waals surface area contributed by atoms with Crippen LogP contribution in [0.25, 0.3) is 0 Å². The van der Waals surface area contributed by atoms with E-state index in [1.165, 1.54) is 29.5 Å². The van der Waals surface area contributed by atoms with Gasteiger partial charge in [-0.3, -0.25) is 0 Å². The molecule has 4 atom stereocenters. The van der Waals surface area contributed by atoms with Crippen LogP contribution in [0.2, 0.25) is 0 Å². The number of hydrogen-bond acceptors (Lipinski definition) is 5. The fourth-order valence-electron chi connectivity index (χ4n) is 1.81. The van der Waals surface area contributed by atoms with Gasteiger partial charge in [0.1, 0.15) is 0 Å². The standard InChI is InChI=1S/C10H9F7I2NO4/c1-6(18,4-19-20-4)5(21)24-3-7(11,12)2-23-9(22,8(3,13)14)10(15,16)17/h3-4,20,22H,2H2,1H3/q-1. The van der Waals surface area contributed by atoms with E-state index in [0.29, 0.717) is 0 Å². The monoisotopic (exact) mass is 594 g/mol. The molecular formula is C10H9F7I2NO4-. The van der Waals surface area contributed by atoms with E-state index < -0.39 is 71.4 Å². The first kappa shape index (κ1) is 20.6. The summed E-state index contributed by atoms with van der Waals surface area (Å²) in [7, 11) is 0. The molecule has 2 rings (SSSR count). The molecule has 14 heteroatoms. The Bertz CT molecular complexity index is 540. The number of nitrogens with one attached hydrogen (secondary N) is 1. The van der Waals surface area contributed by atoms with Crippen LogP contribution in [0.1, 0.15) is 6.92 Å². The van der Waals surface area contributed by atoms with Crippen LogP contribution in [0.3, 0.4) is 0 Å². The Labute approximate surface area is 154 Å². The molecule has 0 aromatic heterocycles. The molecule has 0 saturated carbocycles. The topological polar surface area (TPSA) is 77.7 Å². The van der Waals surface area contributed by atoms with Crippen molar-refractivity contribution in [2.45, 2.75) is 44.3 Å². The van der Waals surface area contributed by atoms with Crippen LogP contribution in [-0.4, -0.2) is 55.1 Å². The van der Waals surface area contributed by atoms with Crippen LogP contribution >= 0.6 is 22.6 Å². The van der Waals surface area contributed by atoms with Gasteiger partial charge < -0.3 is 0 Å². The zero-order valence-electron chi connectivity index (χ0n) is 11.4. The van der Waals surface area contributed by atoms with Gasteiger partial charge in [0, 0.05) is 0 Å². The minimum absolute atomic E-state index is 0.451. The van der Waals surface area contributed by atoms with Gasteiger partial charge in [0.2, 0.25) is 0 Å². The Kier molecular flexibility index (Phi) is 5.08. The van der Waals surface area contributed by atoms with Crippen LogP contribution in [0.5, 0.6) is 0 Å². The van der Waals surface area contributed by atoms with Crippen LogP contribution in [0.4, 0.5) is 30.7 Å². The van der Waals surface area contributed by atoms with Gasteiger partial charge in [0.15, 0.2) is 0 Å². The van der Waals surface area contributed by atoms with E-state index in [2.05, 4.69) is 13.0 Å². The van der Waals surface area contributed by atoms with Crippen molar-refractivity contribution in [3.8, 4) is 0 Å². The number of rotatable bonds is 3. The second-order valence-corrected chi connectivity index (χ2v) is 9.99. The molecule has 142 valence electrons. The Hall–Kier alpha value is 0.320. The molecule has 2 aliphatic rings. The number of aliphatic hydroxyl groups is 1. The molecule has 0 bridgehead atoms. The number of ether oxygens (including phenoxy) is 2. The second kappa shape index (κ2) is 5.91. The molecular weight excluding hydrogens is 585 g/mol. The summed E-state index contributed by atoms with van der Waals surface area (Å²) in [5, 5.41) is 9.14. The maximum absolute atomic E-state index is 14.0. The van der Waals surface area contributed by atoms with E-state index in [-0.39, 0.29) is 0 Å². The Morgan fingerprint density at radius 2 is 1.88 bits per heavy atom. The van der Waals surface area contributed by atoms with Gasteiger partial charge in [-0.25, -0.2) is 0 Å². The van der Waals surface area contributed by atoms with E-state index in [4.69, 9.17) is 5.11 Å². The van der Waals surface area contributed by atoms with Crippen molar-refractivity contribution in [1.29, 1.82) is 0 Å². The third-order valence-corrected chi connectivity index (χ3v) is 8.09. The summed E-state index contributed by atoms with van der Waals surface area (Å²) in [6, 6.07) is 0. The summed E-state index contributed by atoms with van der Waals surface area (Å²) in [6.45, 7) is -0.977. The molecule has 5 nitrogen and oxygen atoms in total. The number of halogens is 9. The molecule has 0 aromatic rings. The van der Waals surface area contributed by atoms with E-state index in [1.54, 1.807) is 0 Å². The summed E-state index contributed by atoms with van der Waals surface area (Å²) in [6.07, 6.45) is -9.92. The van der Waals surface area contributed by atoms with Crippen molar-refractivity contribution >= 4 is 28.6 Å². The number of carbonyl (C=O) groups excluding carboxylic acids is 1. The van der Waals surface area contributed by atoms with Gasteiger partial charge >= 0.3 is 155 Å². The molecule has 2 fully saturated rings. The van der Waals surface area contributed by atoms with E-state index in [0.717, 1.165) is 0 Å². The summed E-state index contributed by atoms with van der Waals surface area (Å²) in [4.78, 5) is 11.9. The first-order chi connectivity index (χ1) is 10.6. The maximum atomic E-state index is 14.0. The second-order valence-electron chi connectivity index (χ2n) is 5.26. The van der Waals surface area contributed by atoms with Crippen LogP contribution in [0, 0.1) is 0 Å². The van der Waals surface area contributed by atoms with E-state index in [9.17, 15) is 35.5 Å². The van der Waals surface area contributed by atoms with Gasteiger partial charge in [-0.1, -0.05) is 0 Å². The quantitative estimate of drug-likeness (QED) is 0.0799. The molecule has 2 saturated heterocycles. The van der Waals surface area contributed by atoms with Gasteiger partial charge in [0.25, 0.3) is 0 Å². The molecule has 2 aliphatic heterocycles. The normalized spacial score (nSPS) is 37.8. The Morgan fingerprint density at radius 1 is 1.38 bits per heavy atom. The van der Waals surface area contributed by atoms with Crippen LogP contribution in [0.15, 0.2) is 0 Å². The van der Waals surface area contributed by atoms with E-state index >= 15 is 0 Å². The number of carbonyl (C=O) groups is 1. The average Bonchev–Trinajstić information content (AvgIpc) is 3.23. The SMILES string of the molecule is CC(I)(C(=O)OC1C(F)(F)COC(O)(C(F)(F)F)C1(F)F)C1N[I-]1. The summed E-state index contributed by atoms with van der Waals surface area (Å²) < 4.78 is 102. The number of hydrogen-bond donors (Lipinski definition) is 2. The van der Waals surface area contributed by atoms with Crippen molar-refractivity contribution < 1.29 is 71.6 Å². The zero-order chi connectivity index (χ0) is 18.8. The molecule has 0 radical (unpaired) electrons. The first-order valence-corrected chi connectivity index (χ1v) is 9.44. The van der Waals surface area contributed by atoms with Gasteiger partial charge in [-0.2, -0.15) is 0 Å². The molecule has 0 spiro atoms. The van der Waals surface area contributed by atoms with Crippen molar-refractivity contribution in [1.82, 2.24) is 3.53 Å². The number of esters is 1. The number of alkyl halides is 9. The van der Waals surface area contributed by atoms with Gasteiger partial charge in [-0.15, -0.1) is 0 Å². The van der Waals surface area contributed by atoms with Crippen LogP contribution < -0.4 is 25.0 Å². The van der Waals surface area contributed by atoms with Crippen molar-refractivity contribution in [2.24, 2.45) is 0 Å². The summed E-state index contributed by atoms with van der Waals surface area (Å²) in [5.74, 6) is -17.0. The Morgan fingerprint density at radius 3 is 2.29 bits per heavy atom. The average molecular weight is 594 g/mol. The van der Waals surface area contributed by atoms with Crippen molar-refractivity contribution in [3.05, 3.63) is 0 Å². The Balaban J connectivity index is 2.35. The predicted molar refractivity (Wildman–Crippen MR) is 66.1 cm³/mol. The molecule has 24 heavy (non-hydrogen) atoms. The van der Waals surface area contributed by atoms with Gasteiger partial charge in [-0.05, 0) is 0 Å². The molecule has 0 amide bonds. The molecule has 4 unspecified atom stereocenters. The first-order valence-electron chi connectivity index (χ1n) is 6.04. The molecule has 2 heterocycles. The van der Waals surface area contributed by atoms with E-state index in [1.807, 2.05) is 0 Å². The predicted octanol–water partition coefficient (Wildman–Crippen LogP) is -1.42. The molecule has 0 aromatic carbocycles. The van der Waals surface area contributed by atoms with Gasteiger partial charge in [0.05, 0.1) is 0 Å². The van der Waals surface area contributed by atoms with Crippen LogP contribution in [-0.2, 0) is 14.3 Å². The molecule has 2 N–H and O–H groups in total. The third kappa shape index (κ3) is 3.20. The minimum atomic E-state index is -6.09. The molecule has 0 aliphatic carbocycles. The van der Waals surface area contributed by atoms with Crippen molar-refractivity contribution in [3.63, 3.8) is 0 Å². The third-order valence-electron chi connectivity index (χ3n) is 3.34. The summed E-state index contributed by atoms with van der Waals surface area (Å²) >= 11 is 0.836. The fraction of sp³-hybridized carbons (Fsp3) is 0.900. The zero-order valence-corrected chi connectivity index (χ0v) is 15.8. The fourth-order valence-corrected chi connectivity index (χ4v) is 5.12. The van der Waals surface area contributed by atoms with Crippen molar-refractivity contribution in [2.75, 3.05) is 6.61 Å². The summed E-state index contributed by atoms with van der Waals surface area (Å²) in [5.41, 5.74) is 0.